The first-order chi connectivity index (χ1) is 15.0. The highest BCUT2D eigenvalue weighted by molar-refractivity contribution is 5.82. The molecule has 1 rings (SSSR count). The van der Waals surface area contributed by atoms with Crippen LogP contribution in [-0.2, 0) is 30.3 Å². The first kappa shape index (κ1) is 40.4. The molecule has 36 heavy (non-hydrogen) atoms. The molecule has 0 aliphatic carbocycles. The molecule has 0 radical (unpaired) electrons. The number of ether oxygens (including phenoxy) is 3. The van der Waals surface area contributed by atoms with Gasteiger partial charge in [0.2, 0.25) is 5.91 Å². The highest BCUT2D eigenvalue weighted by Gasteiger charge is 2.45. The molecule has 212 valence electrons. The molecule has 2 unspecified atom stereocenters. The summed E-state index contributed by atoms with van der Waals surface area (Å²) in [4.78, 5) is 37.5. The van der Waals surface area contributed by atoms with Crippen LogP contribution in [0.1, 0.15) is 88.6 Å². The average Bonchev–Trinajstić information content (AvgIpc) is 2.78. The van der Waals surface area contributed by atoms with Crippen molar-refractivity contribution in [3.8, 4) is 11.5 Å². The summed E-state index contributed by atoms with van der Waals surface area (Å²) in [6, 6.07) is 5.03. The number of hydrogen-bond acceptors (Lipinski definition) is 7. The van der Waals surface area contributed by atoms with Gasteiger partial charge in [0.05, 0.1) is 31.7 Å². The van der Waals surface area contributed by atoms with Crippen LogP contribution in [0.2, 0.25) is 0 Å². The zero-order chi connectivity index (χ0) is 24.4. The minimum Gasteiger partial charge on any atom is -0.504 e. The van der Waals surface area contributed by atoms with Gasteiger partial charge < -0.3 is 24.6 Å². The van der Waals surface area contributed by atoms with Gasteiger partial charge in [-0.1, -0.05) is 42.7 Å². The average molecular weight is 516 g/mol. The molecule has 0 aromatic heterocycles. The van der Waals surface area contributed by atoms with E-state index >= 15 is 0 Å². The normalized spacial score (nSPS) is 12.9. The Morgan fingerprint density at radius 2 is 1.58 bits per heavy atom. The fourth-order valence-corrected chi connectivity index (χ4v) is 3.72. The van der Waals surface area contributed by atoms with Crippen LogP contribution in [-0.4, -0.2) is 50.3 Å². The van der Waals surface area contributed by atoms with Gasteiger partial charge in [0.1, 0.15) is 0 Å². The van der Waals surface area contributed by atoms with Crippen LogP contribution in [0.4, 0.5) is 0 Å². The Kier molecular flexibility index (Phi) is 20.8. The largest absolute Gasteiger partial charge is 0.504 e. The van der Waals surface area contributed by atoms with Crippen molar-refractivity contribution >= 4 is 17.8 Å². The van der Waals surface area contributed by atoms with Crippen LogP contribution in [0.15, 0.2) is 18.2 Å². The van der Waals surface area contributed by atoms with Gasteiger partial charge in [-0.3, -0.25) is 14.4 Å². The predicted molar refractivity (Wildman–Crippen MR) is 147 cm³/mol. The summed E-state index contributed by atoms with van der Waals surface area (Å²) in [6.45, 7) is 7.71. The third-order valence-corrected chi connectivity index (χ3v) is 5.89. The number of esters is 2. The van der Waals surface area contributed by atoms with Gasteiger partial charge in [-0.25, -0.2) is 0 Å². The highest BCUT2D eigenvalue weighted by atomic mass is 16.5. The maximum Gasteiger partial charge on any atom is 0.311 e. The first-order valence-electron chi connectivity index (χ1n) is 10.9. The smallest absolute Gasteiger partial charge is 0.311 e. The predicted octanol–water partition coefficient (Wildman–Crippen LogP) is 5.93. The second-order valence-corrected chi connectivity index (χ2v) is 8.47. The lowest BCUT2D eigenvalue weighted by molar-refractivity contribution is -0.162. The summed E-state index contributed by atoms with van der Waals surface area (Å²) in [5.41, 5.74) is -0.950. The van der Waals surface area contributed by atoms with Crippen molar-refractivity contribution in [2.24, 2.45) is 10.8 Å². The van der Waals surface area contributed by atoms with E-state index in [4.69, 9.17) is 14.2 Å². The van der Waals surface area contributed by atoms with E-state index in [-0.39, 0.29) is 73.2 Å². The molecule has 0 bridgehead atoms. The Labute approximate surface area is 220 Å². The Balaban J connectivity index is -0.00000128. The summed E-state index contributed by atoms with van der Waals surface area (Å²) in [7, 11) is 2.81. The maximum atomic E-state index is 12.7. The lowest BCUT2D eigenvalue weighted by atomic mass is 9.69. The van der Waals surface area contributed by atoms with Gasteiger partial charge in [-0.2, -0.15) is 0 Å². The molecule has 1 aromatic carbocycles. The van der Waals surface area contributed by atoms with E-state index in [0.717, 1.165) is 5.56 Å². The highest BCUT2D eigenvalue weighted by Crippen LogP contribution is 2.41. The van der Waals surface area contributed by atoms with E-state index in [0.29, 0.717) is 25.1 Å². The molecule has 0 heterocycles. The third-order valence-electron chi connectivity index (χ3n) is 5.89. The minimum absolute atomic E-state index is 0. The van der Waals surface area contributed by atoms with Crippen molar-refractivity contribution in [3.63, 3.8) is 0 Å². The Bertz CT molecular complexity index is 796. The van der Waals surface area contributed by atoms with Crippen molar-refractivity contribution in [2.75, 3.05) is 27.4 Å². The number of hydrogen-bond donors (Lipinski definition) is 2. The van der Waals surface area contributed by atoms with Gasteiger partial charge in [0.15, 0.2) is 11.5 Å². The SMILES string of the molecule is C.C.C.C.CCOC(=O)C(C)(CCC(=O)NCCc1ccc(O)c(OC)c1)CC(C)(CC)C(=O)OC. The molecular formula is C28H53NO7. The Morgan fingerprint density at radius 1 is 0.972 bits per heavy atom. The second-order valence-electron chi connectivity index (χ2n) is 8.47. The van der Waals surface area contributed by atoms with Crippen LogP contribution >= 0.6 is 0 Å². The number of rotatable bonds is 13. The van der Waals surface area contributed by atoms with Gasteiger partial charge in [-0.05, 0) is 64.2 Å². The van der Waals surface area contributed by atoms with Gasteiger partial charge in [0, 0.05) is 13.0 Å². The molecule has 8 nitrogen and oxygen atoms in total. The maximum absolute atomic E-state index is 12.7. The molecular weight excluding hydrogens is 462 g/mol. The molecule has 0 saturated heterocycles. The number of phenols is 1. The lowest BCUT2D eigenvalue weighted by Crippen LogP contribution is -2.41. The molecule has 8 heteroatoms. The van der Waals surface area contributed by atoms with E-state index in [1.165, 1.54) is 14.2 Å². The summed E-state index contributed by atoms with van der Waals surface area (Å²) in [6.07, 6.45) is 1.65. The monoisotopic (exact) mass is 515 g/mol. The molecule has 0 saturated carbocycles. The van der Waals surface area contributed by atoms with E-state index < -0.39 is 16.8 Å². The number of benzene rings is 1. The number of carbonyl (C=O) groups is 3. The zero-order valence-corrected chi connectivity index (χ0v) is 20.1. The fraction of sp³-hybridized carbons (Fsp3) is 0.679. The molecule has 0 spiro atoms. The summed E-state index contributed by atoms with van der Waals surface area (Å²) in [5, 5.41) is 12.5. The zero-order valence-electron chi connectivity index (χ0n) is 20.1. The number of carbonyl (C=O) groups excluding carboxylic acids is 3. The Morgan fingerprint density at radius 3 is 2.08 bits per heavy atom. The van der Waals surface area contributed by atoms with Crippen LogP contribution in [0.25, 0.3) is 0 Å². The van der Waals surface area contributed by atoms with Crippen LogP contribution in [0.5, 0.6) is 11.5 Å². The fourth-order valence-electron chi connectivity index (χ4n) is 3.72. The van der Waals surface area contributed by atoms with E-state index in [2.05, 4.69) is 5.32 Å². The van der Waals surface area contributed by atoms with Crippen molar-refractivity contribution in [1.29, 1.82) is 0 Å². The third kappa shape index (κ3) is 11.3. The lowest BCUT2D eigenvalue weighted by Gasteiger charge is -2.35. The van der Waals surface area contributed by atoms with Crippen molar-refractivity contribution in [2.45, 2.75) is 89.5 Å². The number of phenolic OH excluding ortho intramolecular Hbond substituents is 1. The molecule has 0 aliphatic heterocycles. The summed E-state index contributed by atoms with van der Waals surface area (Å²) >= 11 is 0. The second kappa shape index (κ2) is 18.5. The number of methoxy groups -OCH3 is 2. The van der Waals surface area contributed by atoms with Gasteiger partial charge in [0.25, 0.3) is 0 Å². The molecule has 0 fully saturated rings. The topological polar surface area (TPSA) is 111 Å². The van der Waals surface area contributed by atoms with E-state index in [9.17, 15) is 19.5 Å². The molecule has 0 aliphatic rings. The standard InChI is InChI=1S/C24H37NO7.4CH4/c1-7-23(3,21(28)31-6)16-24(4,22(29)32-8-2)13-11-20(27)25-14-12-17-9-10-18(26)19(15-17)30-5;;;;/h9-10,15,26H,7-8,11-14,16H2,1-6H3,(H,25,27);4*1H4. The van der Waals surface area contributed by atoms with Crippen molar-refractivity contribution in [3.05, 3.63) is 23.8 Å². The summed E-state index contributed by atoms with van der Waals surface area (Å²) < 4.78 is 15.3. The van der Waals surface area contributed by atoms with Crippen molar-refractivity contribution < 1.29 is 33.7 Å². The van der Waals surface area contributed by atoms with Gasteiger partial charge >= 0.3 is 11.9 Å². The first-order valence-corrected chi connectivity index (χ1v) is 10.9. The quantitative estimate of drug-likeness (QED) is 0.313. The molecule has 1 amide bonds. The molecule has 2 atom stereocenters. The molecule has 1 aromatic rings. The Hall–Kier alpha value is -2.77. The van der Waals surface area contributed by atoms with Crippen LogP contribution < -0.4 is 10.1 Å². The number of nitrogens with one attached hydrogen (secondary N) is 1. The number of amides is 1. The van der Waals surface area contributed by atoms with Crippen LogP contribution in [0.3, 0.4) is 0 Å². The van der Waals surface area contributed by atoms with Crippen molar-refractivity contribution in [1.82, 2.24) is 5.32 Å². The molecule has 2 N–H and O–H groups in total. The minimum atomic E-state index is -1.00. The summed E-state index contributed by atoms with van der Waals surface area (Å²) in [5.74, 6) is -0.562. The van der Waals surface area contributed by atoms with Gasteiger partial charge in [-0.15, -0.1) is 0 Å². The van der Waals surface area contributed by atoms with E-state index in [1.807, 2.05) is 6.92 Å². The van der Waals surface area contributed by atoms with E-state index in [1.54, 1.807) is 39.0 Å². The van der Waals surface area contributed by atoms with Crippen LogP contribution in [0, 0.1) is 10.8 Å². The number of aromatic hydroxyl groups is 1.